The number of aromatic hydroxyl groups is 1. The molecule has 4 bridgehead atoms. The van der Waals surface area contributed by atoms with Gasteiger partial charge in [0.2, 0.25) is 6.79 Å². The van der Waals surface area contributed by atoms with E-state index in [2.05, 4.69) is 5.32 Å². The van der Waals surface area contributed by atoms with Crippen LogP contribution in [0.3, 0.4) is 0 Å². The van der Waals surface area contributed by atoms with Gasteiger partial charge in [0.25, 0.3) is 5.91 Å². The number of aliphatic hydroxyl groups excluding tert-OH is 3. The highest BCUT2D eigenvalue weighted by atomic mass is 16.7. The zero-order valence-corrected chi connectivity index (χ0v) is 34.8. The number of hydrogen-bond donors (Lipinski definition) is 7. The van der Waals surface area contributed by atoms with Crippen molar-refractivity contribution >= 4 is 40.9 Å². The van der Waals surface area contributed by atoms with Crippen LogP contribution in [0.15, 0.2) is 52.5 Å². The highest BCUT2D eigenvalue weighted by Gasteiger charge is 2.50. The fourth-order valence-corrected chi connectivity index (χ4v) is 7.66. The number of nitrogens with one attached hydrogen (secondary N) is 1. The summed E-state index contributed by atoms with van der Waals surface area (Å²) in [6.45, 7) is 12.5. The third-order valence-corrected chi connectivity index (χ3v) is 10.9. The van der Waals surface area contributed by atoms with Gasteiger partial charge in [-0.25, -0.2) is 0 Å². The number of ether oxygens (including phenoxy) is 5. The second kappa shape index (κ2) is 17.5. The molecule has 0 saturated carbocycles. The number of amides is 1. The summed E-state index contributed by atoms with van der Waals surface area (Å²) in [6, 6.07) is 0. The minimum atomic E-state index is -2.26. The number of carbonyl (C=O) groups excluding carboxylic acids is 5. The van der Waals surface area contributed by atoms with Crippen LogP contribution in [0.25, 0.3) is 5.57 Å². The second-order valence-corrected chi connectivity index (χ2v) is 15.6. The van der Waals surface area contributed by atoms with E-state index in [-0.39, 0.29) is 61.9 Å². The van der Waals surface area contributed by atoms with Gasteiger partial charge in [-0.2, -0.15) is 0 Å². The smallest absolute Gasteiger partial charge is 0.315 e. The summed E-state index contributed by atoms with van der Waals surface area (Å²) in [5, 5.41) is 72.5. The standard InChI is InChI=1S/C42H53NO16/c1-17-13-12-14-41(9,53)37(49)21(5)31(47)28(40(52)55-11)36(59-24(8)45)22(6)38(50)42(10,54)15-18(2)33-27-25-26(30(46)20(4)34(27)57-16-56-33)32(48)29(43-39(17)51)19(3)35(25)58-23(7)44/h12-15,21-22,28,31,36-38,47-50,53-54H,16H2,1-11H3,(H,43,51)/b14-12-,17-13+,18-15-/t21-,22?,28?,31?,36?,37?,38?,41-,42?/m0/s1. The largest absolute Gasteiger partial charge is 0.505 e. The first-order valence-corrected chi connectivity index (χ1v) is 18.8. The first-order chi connectivity index (χ1) is 27.3. The van der Waals surface area contributed by atoms with Gasteiger partial charge in [0.05, 0.1) is 42.2 Å². The summed E-state index contributed by atoms with van der Waals surface area (Å²) in [5.74, 6) is -9.89. The molecule has 7 unspecified atom stereocenters. The lowest BCUT2D eigenvalue weighted by molar-refractivity contribution is -0.183. The number of hydrogen-bond acceptors (Lipinski definition) is 16. The Kier molecular flexibility index (Phi) is 13.7. The van der Waals surface area contributed by atoms with Crippen LogP contribution in [-0.4, -0.2) is 110 Å². The lowest BCUT2D eigenvalue weighted by Crippen LogP contribution is -2.55. The predicted octanol–water partition coefficient (Wildman–Crippen LogP) is 2.79. The zero-order chi connectivity index (χ0) is 44.6. The number of aliphatic hydroxyl groups is 5. The van der Waals surface area contributed by atoms with E-state index in [0.29, 0.717) is 0 Å². The summed E-state index contributed by atoms with van der Waals surface area (Å²) in [7, 11) is 1.01. The Labute approximate surface area is 341 Å². The van der Waals surface area contributed by atoms with E-state index in [1.54, 1.807) is 0 Å². The average Bonchev–Trinajstić information content (AvgIpc) is 3.16. The van der Waals surface area contributed by atoms with Crippen molar-refractivity contribution in [3.8, 4) is 11.5 Å². The molecule has 5 rings (SSSR count). The molecule has 59 heavy (non-hydrogen) atoms. The Morgan fingerprint density at radius 2 is 1.46 bits per heavy atom. The number of rotatable bonds is 3. The van der Waals surface area contributed by atoms with Gasteiger partial charge in [-0.05, 0) is 53.2 Å². The molecule has 322 valence electrons. The van der Waals surface area contributed by atoms with Crippen molar-refractivity contribution in [2.45, 2.75) is 105 Å². The molecular weight excluding hydrogens is 774 g/mol. The average molecular weight is 828 g/mol. The van der Waals surface area contributed by atoms with Gasteiger partial charge in [-0.15, -0.1) is 0 Å². The van der Waals surface area contributed by atoms with E-state index in [9.17, 15) is 54.6 Å². The SMILES string of the molecule is COC(=O)C1C(OC(C)=O)C(C)C(O)C(C)(O)/C=C(/C)C2=C3C(=C(C)C(=O)c4c(O)c(c(C)c(OC(C)=O)c43)NC(=O)/C(C)=C/C=C\[C@](C)(O)C(O)[C@@H](C)C1O)OCO2. The fourth-order valence-electron chi connectivity index (χ4n) is 7.66. The van der Waals surface area contributed by atoms with E-state index in [1.165, 1.54) is 73.6 Å². The van der Waals surface area contributed by atoms with Crippen LogP contribution in [0.5, 0.6) is 11.5 Å². The quantitative estimate of drug-likeness (QED) is 0.131. The number of fused-ring (bicyclic) bond motifs is 14. The lowest BCUT2D eigenvalue weighted by atomic mass is 9.74. The zero-order valence-electron chi connectivity index (χ0n) is 34.8. The number of phenols is 1. The van der Waals surface area contributed by atoms with Gasteiger partial charge in [0.15, 0.2) is 11.5 Å². The fraction of sp³-hybridized carbons (Fsp3) is 0.500. The van der Waals surface area contributed by atoms with Gasteiger partial charge in [0.1, 0.15) is 40.5 Å². The molecule has 4 aliphatic rings. The molecule has 1 amide bonds. The van der Waals surface area contributed by atoms with Crippen molar-refractivity contribution in [2.75, 3.05) is 19.2 Å². The Bertz CT molecular complexity index is 2090. The number of anilines is 1. The summed E-state index contributed by atoms with van der Waals surface area (Å²) < 4.78 is 27.9. The van der Waals surface area contributed by atoms with Crippen LogP contribution in [0.2, 0.25) is 0 Å². The highest BCUT2D eigenvalue weighted by Crippen LogP contribution is 2.53. The first-order valence-electron chi connectivity index (χ1n) is 18.8. The van der Waals surface area contributed by atoms with Crippen LogP contribution in [-0.2, 0) is 38.1 Å². The Morgan fingerprint density at radius 1 is 0.864 bits per heavy atom. The van der Waals surface area contributed by atoms with Crippen LogP contribution in [0.4, 0.5) is 5.69 Å². The minimum absolute atomic E-state index is 0.00133. The van der Waals surface area contributed by atoms with Crippen molar-refractivity contribution in [3.63, 3.8) is 0 Å². The molecule has 3 aliphatic heterocycles. The van der Waals surface area contributed by atoms with Crippen LogP contribution in [0.1, 0.15) is 83.8 Å². The summed E-state index contributed by atoms with van der Waals surface area (Å²) in [4.78, 5) is 66.1. The summed E-state index contributed by atoms with van der Waals surface area (Å²) >= 11 is 0. The van der Waals surface area contributed by atoms with E-state index < -0.39 is 95.5 Å². The highest BCUT2D eigenvalue weighted by molar-refractivity contribution is 6.21. The number of ketones is 1. The Hall–Kier alpha value is -5.33. The van der Waals surface area contributed by atoms with Gasteiger partial charge >= 0.3 is 17.9 Å². The summed E-state index contributed by atoms with van der Waals surface area (Å²) in [6.07, 6.45) is -2.49. The van der Waals surface area contributed by atoms with Crippen LogP contribution < -0.4 is 10.1 Å². The first kappa shape index (κ1) is 46.4. The van der Waals surface area contributed by atoms with E-state index in [0.717, 1.165) is 27.0 Å². The molecule has 0 spiro atoms. The van der Waals surface area contributed by atoms with E-state index >= 15 is 0 Å². The molecule has 0 saturated heterocycles. The summed E-state index contributed by atoms with van der Waals surface area (Å²) in [5.41, 5.74) is -5.03. The number of carbonyl (C=O) groups is 5. The van der Waals surface area contributed by atoms with Gasteiger partial charge in [-0.1, -0.05) is 32.1 Å². The molecule has 17 heteroatoms. The Balaban J connectivity index is 2.12. The number of Topliss-reactive ketones (excluding diaryl/α,β-unsaturated/α-hetero) is 1. The number of phenolic OH excluding ortho intramolecular Hbond substituents is 1. The molecule has 0 fully saturated rings. The molecule has 1 aliphatic carbocycles. The van der Waals surface area contributed by atoms with Crippen molar-refractivity contribution in [2.24, 2.45) is 17.8 Å². The molecule has 7 N–H and O–H groups in total. The number of methoxy groups -OCH3 is 1. The van der Waals surface area contributed by atoms with Crippen molar-refractivity contribution in [3.05, 3.63) is 69.2 Å². The molecule has 1 aromatic rings. The molecule has 0 aromatic heterocycles. The molecule has 17 nitrogen and oxygen atoms in total. The minimum Gasteiger partial charge on any atom is -0.505 e. The maximum atomic E-state index is 14.0. The topological polar surface area (TPSA) is 265 Å². The maximum absolute atomic E-state index is 14.0. The van der Waals surface area contributed by atoms with Crippen LogP contribution >= 0.6 is 0 Å². The van der Waals surface area contributed by atoms with Crippen molar-refractivity contribution in [1.29, 1.82) is 0 Å². The van der Waals surface area contributed by atoms with Crippen molar-refractivity contribution in [1.82, 2.24) is 0 Å². The number of allylic oxidation sites excluding steroid dienone is 5. The van der Waals surface area contributed by atoms with Gasteiger partial charge in [-0.3, -0.25) is 24.0 Å². The lowest BCUT2D eigenvalue weighted by Gasteiger charge is -2.41. The Morgan fingerprint density at radius 3 is 2.03 bits per heavy atom. The monoisotopic (exact) mass is 827 g/mol. The number of benzene rings is 1. The molecule has 0 radical (unpaired) electrons. The van der Waals surface area contributed by atoms with Gasteiger partial charge < -0.3 is 59.6 Å². The predicted molar refractivity (Wildman–Crippen MR) is 209 cm³/mol. The number of esters is 3. The second-order valence-electron chi connectivity index (χ2n) is 15.6. The molecule has 9 atom stereocenters. The maximum Gasteiger partial charge on any atom is 0.315 e. The van der Waals surface area contributed by atoms with Crippen molar-refractivity contribution < 1.29 is 78.3 Å². The third kappa shape index (κ3) is 8.99. The van der Waals surface area contributed by atoms with Gasteiger partial charge in [0, 0.05) is 48.0 Å². The third-order valence-electron chi connectivity index (χ3n) is 10.9. The molecule has 1 aromatic carbocycles. The van der Waals surface area contributed by atoms with Crippen LogP contribution in [0, 0.1) is 24.7 Å². The normalized spacial score (nSPS) is 33.0. The van der Waals surface area contributed by atoms with E-state index in [1.807, 2.05) is 0 Å². The molecular formula is C42H53NO16. The molecule has 3 heterocycles. The van der Waals surface area contributed by atoms with E-state index in [4.69, 9.17) is 23.7 Å².